The summed E-state index contributed by atoms with van der Waals surface area (Å²) in [7, 11) is 0. The molecule has 0 saturated carbocycles. The van der Waals surface area contributed by atoms with E-state index in [1.807, 2.05) is 19.1 Å². The molecule has 1 fully saturated rings. The molecule has 0 aliphatic carbocycles. The van der Waals surface area contributed by atoms with Gasteiger partial charge in [0.25, 0.3) is 0 Å². The van der Waals surface area contributed by atoms with Crippen molar-refractivity contribution in [2.24, 2.45) is 0 Å². The second-order valence-corrected chi connectivity index (χ2v) is 5.53. The lowest BCUT2D eigenvalue weighted by molar-refractivity contribution is 0.239. The molecule has 0 spiro atoms. The van der Waals surface area contributed by atoms with Crippen LogP contribution in [0.2, 0.25) is 0 Å². The zero-order valence-corrected chi connectivity index (χ0v) is 11.9. The van der Waals surface area contributed by atoms with Crippen LogP contribution in [0.15, 0.2) is 22.2 Å². The Morgan fingerprint density at radius 3 is 2.78 bits per heavy atom. The largest absolute Gasteiger partial charge is 0.295 e. The molecule has 1 nitrogen and oxygen atoms in total. The van der Waals surface area contributed by atoms with Crippen LogP contribution < -0.4 is 0 Å². The number of nitrogens with zero attached hydrogens (tertiary/aromatic N) is 1. The van der Waals surface area contributed by atoms with Crippen molar-refractivity contribution in [3.05, 3.63) is 39.1 Å². The Bertz CT molecular complexity index is 463. The van der Waals surface area contributed by atoms with Crippen LogP contribution in [0.25, 0.3) is 6.08 Å². The normalized spacial score (nSPS) is 15.7. The molecule has 0 unspecified atom stereocenters. The molecule has 0 amide bonds. The Kier molecular flexibility index (Phi) is 4.51. The highest BCUT2D eigenvalue weighted by molar-refractivity contribution is 9.10. The van der Waals surface area contributed by atoms with E-state index in [1.165, 1.54) is 11.6 Å². The van der Waals surface area contributed by atoms with Crippen molar-refractivity contribution < 1.29 is 8.78 Å². The predicted octanol–water partition coefficient (Wildman–Crippen LogP) is 3.96. The Hall–Kier alpha value is -0.740. The van der Waals surface area contributed by atoms with Gasteiger partial charge in [-0.2, -0.15) is 0 Å². The lowest BCUT2D eigenvalue weighted by Gasteiger charge is -2.33. The topological polar surface area (TPSA) is 3.24 Å². The van der Waals surface area contributed by atoms with E-state index in [2.05, 4.69) is 20.8 Å². The maximum Gasteiger partial charge on any atom is 0.131 e. The quantitative estimate of drug-likeness (QED) is 0.813. The van der Waals surface area contributed by atoms with Gasteiger partial charge >= 0.3 is 0 Å². The van der Waals surface area contributed by atoms with Gasteiger partial charge in [0.2, 0.25) is 0 Å². The highest BCUT2D eigenvalue weighted by Gasteiger charge is 2.19. The van der Waals surface area contributed by atoms with E-state index < -0.39 is 0 Å². The van der Waals surface area contributed by atoms with Gasteiger partial charge in [-0.15, -0.1) is 0 Å². The number of aryl methyl sites for hydroxylation is 1. The minimum atomic E-state index is -0.268. The number of rotatable bonds is 4. The Labute approximate surface area is 115 Å². The average Bonchev–Trinajstić information content (AvgIpc) is 2.28. The summed E-state index contributed by atoms with van der Waals surface area (Å²) >= 11 is 3.31. The van der Waals surface area contributed by atoms with Gasteiger partial charge in [-0.3, -0.25) is 9.29 Å². The number of benzene rings is 1. The maximum atomic E-state index is 13.7. The van der Waals surface area contributed by atoms with Gasteiger partial charge in [0.05, 0.1) is 6.67 Å². The van der Waals surface area contributed by atoms with E-state index in [0.29, 0.717) is 12.0 Å². The summed E-state index contributed by atoms with van der Waals surface area (Å²) in [5, 5.41) is 0. The van der Waals surface area contributed by atoms with E-state index in [-0.39, 0.29) is 12.5 Å². The first-order valence-electron chi connectivity index (χ1n) is 6.03. The second-order valence-electron chi connectivity index (χ2n) is 4.68. The second kappa shape index (κ2) is 5.93. The zero-order chi connectivity index (χ0) is 13.1. The third-order valence-electron chi connectivity index (χ3n) is 3.10. The monoisotopic (exact) mass is 315 g/mol. The molecular weight excluding hydrogens is 300 g/mol. The third-order valence-corrected chi connectivity index (χ3v) is 3.95. The third kappa shape index (κ3) is 3.18. The first-order valence-corrected chi connectivity index (χ1v) is 6.83. The summed E-state index contributed by atoms with van der Waals surface area (Å²) in [6.07, 6.45) is 2.49. The van der Waals surface area contributed by atoms with Crippen molar-refractivity contribution in [2.45, 2.75) is 13.3 Å². The highest BCUT2D eigenvalue weighted by atomic mass is 79.9. The Morgan fingerprint density at radius 1 is 1.39 bits per heavy atom. The minimum Gasteiger partial charge on any atom is -0.295 e. The summed E-state index contributed by atoms with van der Waals surface area (Å²) in [5.41, 5.74) is 2.86. The van der Waals surface area contributed by atoms with Crippen molar-refractivity contribution in [3.8, 4) is 0 Å². The van der Waals surface area contributed by atoms with Gasteiger partial charge in [0.1, 0.15) is 5.82 Å². The van der Waals surface area contributed by atoms with E-state index >= 15 is 0 Å². The number of alkyl halides is 1. The van der Waals surface area contributed by atoms with Gasteiger partial charge in [0, 0.05) is 29.7 Å². The fraction of sp³-hybridized carbons (Fsp3) is 0.429. The smallest absolute Gasteiger partial charge is 0.131 e. The van der Waals surface area contributed by atoms with Crippen LogP contribution in [0.1, 0.15) is 17.5 Å². The lowest BCUT2D eigenvalue weighted by Crippen LogP contribution is -2.40. The van der Waals surface area contributed by atoms with Crippen molar-refractivity contribution in [1.82, 2.24) is 4.90 Å². The lowest BCUT2D eigenvalue weighted by atomic mass is 10.0. The molecule has 1 aromatic rings. The maximum absolute atomic E-state index is 13.7. The molecular formula is C14H16BrF2N. The van der Waals surface area contributed by atoms with Gasteiger partial charge in [-0.05, 0) is 36.6 Å². The fourth-order valence-corrected chi connectivity index (χ4v) is 2.39. The van der Waals surface area contributed by atoms with Crippen LogP contribution in [-0.2, 0) is 0 Å². The Balaban J connectivity index is 2.01. The van der Waals surface area contributed by atoms with Crippen molar-refractivity contribution in [3.63, 3.8) is 0 Å². The van der Waals surface area contributed by atoms with Crippen LogP contribution in [0.4, 0.5) is 8.78 Å². The van der Waals surface area contributed by atoms with Gasteiger partial charge in [-0.25, -0.2) is 4.39 Å². The number of hydrogen-bond donors (Lipinski definition) is 0. The number of likely N-dealkylation sites (tertiary alicyclic amines) is 1. The van der Waals surface area contributed by atoms with Gasteiger partial charge in [-0.1, -0.05) is 22.0 Å². The summed E-state index contributed by atoms with van der Waals surface area (Å²) < 4.78 is 26.5. The van der Waals surface area contributed by atoms with E-state index in [4.69, 9.17) is 0 Å². The first kappa shape index (κ1) is 13.7. The molecule has 18 heavy (non-hydrogen) atoms. The zero-order valence-electron chi connectivity index (χ0n) is 10.3. The SMILES string of the molecule is Cc1cc(C=C2CN(CCCF)C2)c(F)cc1Br. The molecule has 1 aliphatic heterocycles. The van der Waals surface area contributed by atoms with Crippen LogP contribution >= 0.6 is 15.9 Å². The average molecular weight is 316 g/mol. The summed E-state index contributed by atoms with van der Waals surface area (Å²) in [6, 6.07) is 3.35. The Morgan fingerprint density at radius 2 is 2.11 bits per heavy atom. The molecule has 4 heteroatoms. The van der Waals surface area contributed by atoms with Crippen molar-refractivity contribution in [1.29, 1.82) is 0 Å². The molecule has 1 saturated heterocycles. The van der Waals surface area contributed by atoms with E-state index in [1.54, 1.807) is 0 Å². The molecule has 0 atom stereocenters. The summed E-state index contributed by atoms with van der Waals surface area (Å²) in [6.45, 7) is 4.12. The number of halogens is 3. The van der Waals surface area contributed by atoms with E-state index in [0.717, 1.165) is 29.7 Å². The highest BCUT2D eigenvalue weighted by Crippen LogP contribution is 2.24. The molecule has 0 N–H and O–H groups in total. The van der Waals surface area contributed by atoms with Gasteiger partial charge < -0.3 is 0 Å². The van der Waals surface area contributed by atoms with Gasteiger partial charge in [0.15, 0.2) is 0 Å². The molecule has 1 aromatic carbocycles. The van der Waals surface area contributed by atoms with Crippen LogP contribution in [0.3, 0.4) is 0 Å². The molecule has 0 bridgehead atoms. The van der Waals surface area contributed by atoms with E-state index in [9.17, 15) is 8.78 Å². The van der Waals surface area contributed by atoms with Crippen LogP contribution in [0, 0.1) is 12.7 Å². The minimum absolute atomic E-state index is 0.206. The molecule has 0 radical (unpaired) electrons. The standard InChI is InChI=1S/C14H16BrF2N/c1-10-5-12(14(17)7-13(10)15)6-11-8-18(9-11)4-2-3-16/h5-7H,2-4,8-9H2,1H3. The molecule has 2 rings (SSSR count). The van der Waals surface area contributed by atoms with Crippen molar-refractivity contribution >= 4 is 22.0 Å². The predicted molar refractivity (Wildman–Crippen MR) is 73.8 cm³/mol. The molecule has 1 heterocycles. The molecule has 0 aromatic heterocycles. The fourth-order valence-electron chi connectivity index (χ4n) is 2.07. The molecule has 1 aliphatic rings. The first-order chi connectivity index (χ1) is 8.60. The summed E-state index contributed by atoms with van der Waals surface area (Å²) in [4.78, 5) is 2.16. The van der Waals surface area contributed by atoms with Crippen LogP contribution in [0.5, 0.6) is 0 Å². The number of hydrogen-bond acceptors (Lipinski definition) is 1. The van der Waals surface area contributed by atoms with Crippen LogP contribution in [-0.4, -0.2) is 31.2 Å². The summed E-state index contributed by atoms with van der Waals surface area (Å²) in [5.74, 6) is -0.206. The van der Waals surface area contributed by atoms with Crippen molar-refractivity contribution in [2.75, 3.05) is 26.3 Å². The molecule has 98 valence electrons.